The van der Waals surface area contributed by atoms with Crippen molar-refractivity contribution in [3.63, 3.8) is 0 Å². The number of aliphatic hydroxyl groups excluding tert-OH is 1. The van der Waals surface area contributed by atoms with Gasteiger partial charge in [0, 0.05) is 18.3 Å². The van der Waals surface area contributed by atoms with Gasteiger partial charge in [-0.05, 0) is 37.6 Å². The highest BCUT2D eigenvalue weighted by atomic mass is 35.5. The Bertz CT molecular complexity index is 826. The van der Waals surface area contributed by atoms with E-state index in [0.717, 1.165) is 12.1 Å². The molecule has 0 saturated heterocycles. The number of carbonyl (C=O) groups is 2. The molecule has 6 nitrogen and oxygen atoms in total. The largest absolute Gasteiger partial charge is 0.378 e. The van der Waals surface area contributed by atoms with Gasteiger partial charge >= 0.3 is 0 Å². The van der Waals surface area contributed by atoms with Crippen LogP contribution in [0.4, 0.5) is 14.5 Å². The molecular formula is C17H16ClF2N3O3. The minimum atomic E-state index is -1.85. The molecule has 1 atom stereocenters. The van der Waals surface area contributed by atoms with Crippen LogP contribution in [0.25, 0.3) is 0 Å². The lowest BCUT2D eigenvalue weighted by Crippen LogP contribution is -2.32. The Labute approximate surface area is 153 Å². The van der Waals surface area contributed by atoms with E-state index in [4.69, 9.17) is 11.6 Å². The van der Waals surface area contributed by atoms with Crippen LogP contribution in [0.5, 0.6) is 0 Å². The SMILES string of the molecule is CC(C)NC(=O)c1c(NC(=O)C(O)c2cc(F)cc(F)c2)ccnc1Cl. The topological polar surface area (TPSA) is 91.3 Å². The fourth-order valence-electron chi connectivity index (χ4n) is 2.18. The van der Waals surface area contributed by atoms with Gasteiger partial charge in [0.15, 0.2) is 6.10 Å². The van der Waals surface area contributed by atoms with E-state index in [2.05, 4.69) is 15.6 Å². The molecule has 2 aromatic rings. The van der Waals surface area contributed by atoms with Crippen molar-refractivity contribution in [2.45, 2.75) is 26.0 Å². The lowest BCUT2D eigenvalue weighted by Gasteiger charge is -2.16. The second kappa shape index (κ2) is 8.20. The van der Waals surface area contributed by atoms with Gasteiger partial charge in [-0.2, -0.15) is 0 Å². The van der Waals surface area contributed by atoms with Crippen molar-refractivity contribution >= 4 is 29.1 Å². The van der Waals surface area contributed by atoms with Crippen LogP contribution < -0.4 is 10.6 Å². The minimum Gasteiger partial charge on any atom is -0.378 e. The number of aromatic nitrogens is 1. The average Bonchev–Trinajstić information content (AvgIpc) is 2.52. The summed E-state index contributed by atoms with van der Waals surface area (Å²) >= 11 is 5.94. The third-order valence-electron chi connectivity index (χ3n) is 3.26. The Morgan fingerprint density at radius 3 is 2.38 bits per heavy atom. The molecule has 2 amide bonds. The molecule has 138 valence electrons. The van der Waals surface area contributed by atoms with Gasteiger partial charge in [-0.3, -0.25) is 9.59 Å². The zero-order chi connectivity index (χ0) is 19.4. The summed E-state index contributed by atoms with van der Waals surface area (Å²) in [4.78, 5) is 28.3. The van der Waals surface area contributed by atoms with Crippen LogP contribution in [0.3, 0.4) is 0 Å². The number of hydrogen-bond acceptors (Lipinski definition) is 4. The fraction of sp³-hybridized carbons (Fsp3) is 0.235. The van der Waals surface area contributed by atoms with E-state index >= 15 is 0 Å². The summed E-state index contributed by atoms with van der Waals surface area (Å²) in [5, 5.41) is 14.8. The molecule has 0 aliphatic heterocycles. The molecule has 0 radical (unpaired) electrons. The molecule has 1 unspecified atom stereocenters. The van der Waals surface area contributed by atoms with Crippen molar-refractivity contribution in [1.29, 1.82) is 0 Å². The van der Waals surface area contributed by atoms with E-state index < -0.39 is 29.6 Å². The second-order valence-electron chi connectivity index (χ2n) is 5.75. The maximum absolute atomic E-state index is 13.3. The lowest BCUT2D eigenvalue weighted by molar-refractivity contribution is -0.124. The molecule has 0 bridgehead atoms. The zero-order valence-electron chi connectivity index (χ0n) is 13.9. The lowest BCUT2D eigenvalue weighted by atomic mass is 10.1. The number of anilines is 1. The van der Waals surface area contributed by atoms with Crippen molar-refractivity contribution < 1.29 is 23.5 Å². The van der Waals surface area contributed by atoms with Crippen LogP contribution in [0.2, 0.25) is 5.15 Å². The molecule has 3 N–H and O–H groups in total. The number of hydrogen-bond donors (Lipinski definition) is 3. The first-order chi connectivity index (χ1) is 12.2. The normalized spacial score (nSPS) is 12.0. The van der Waals surface area contributed by atoms with Crippen LogP contribution in [0.1, 0.15) is 35.9 Å². The van der Waals surface area contributed by atoms with Gasteiger partial charge in [0.2, 0.25) is 0 Å². The first-order valence-electron chi connectivity index (χ1n) is 7.59. The summed E-state index contributed by atoms with van der Waals surface area (Å²) in [6.07, 6.45) is -0.591. The number of benzene rings is 1. The first kappa shape index (κ1) is 19.7. The van der Waals surface area contributed by atoms with Gasteiger partial charge in [-0.15, -0.1) is 0 Å². The number of nitrogens with zero attached hydrogens (tertiary/aromatic N) is 1. The molecular weight excluding hydrogens is 368 g/mol. The molecule has 0 fully saturated rings. The van der Waals surface area contributed by atoms with Gasteiger partial charge in [-0.25, -0.2) is 13.8 Å². The Morgan fingerprint density at radius 2 is 1.81 bits per heavy atom. The smallest absolute Gasteiger partial charge is 0.257 e. The standard InChI is InChI=1S/C17H16ClF2N3O3/c1-8(2)22-16(25)13-12(3-4-21-15(13)18)23-17(26)14(24)9-5-10(19)7-11(20)6-9/h3-8,14,24H,1-2H3,(H,22,25)(H,21,23,26). The molecule has 0 aliphatic carbocycles. The third-order valence-corrected chi connectivity index (χ3v) is 3.54. The number of aliphatic hydroxyl groups is 1. The highest BCUT2D eigenvalue weighted by Crippen LogP contribution is 2.24. The van der Waals surface area contributed by atoms with E-state index in [1.807, 2.05) is 0 Å². The highest BCUT2D eigenvalue weighted by molar-refractivity contribution is 6.33. The fourth-order valence-corrected chi connectivity index (χ4v) is 2.42. The van der Waals surface area contributed by atoms with E-state index in [1.165, 1.54) is 12.3 Å². The van der Waals surface area contributed by atoms with Gasteiger partial charge < -0.3 is 15.7 Å². The summed E-state index contributed by atoms with van der Waals surface area (Å²) in [6, 6.07) is 3.41. The Kier molecular flexibility index (Phi) is 6.23. The maximum Gasteiger partial charge on any atom is 0.257 e. The molecule has 0 saturated carbocycles. The molecule has 1 aromatic heterocycles. The molecule has 1 aromatic carbocycles. The van der Waals surface area contributed by atoms with Gasteiger partial charge in [-0.1, -0.05) is 11.6 Å². The number of carbonyl (C=O) groups excluding carboxylic acids is 2. The zero-order valence-corrected chi connectivity index (χ0v) is 14.6. The monoisotopic (exact) mass is 383 g/mol. The van der Waals surface area contributed by atoms with Crippen LogP contribution in [-0.2, 0) is 4.79 Å². The molecule has 2 rings (SSSR count). The Balaban J connectivity index is 2.28. The van der Waals surface area contributed by atoms with Crippen LogP contribution in [0.15, 0.2) is 30.5 Å². The number of nitrogens with one attached hydrogen (secondary N) is 2. The van der Waals surface area contributed by atoms with Crippen molar-refractivity contribution in [1.82, 2.24) is 10.3 Å². The van der Waals surface area contributed by atoms with Crippen molar-refractivity contribution in [3.8, 4) is 0 Å². The summed E-state index contributed by atoms with van der Waals surface area (Å²) in [6.45, 7) is 3.48. The van der Waals surface area contributed by atoms with E-state index in [0.29, 0.717) is 6.07 Å². The Morgan fingerprint density at radius 1 is 1.19 bits per heavy atom. The quantitative estimate of drug-likeness (QED) is 0.692. The van der Waals surface area contributed by atoms with E-state index in [-0.39, 0.29) is 28.0 Å². The molecule has 0 aliphatic rings. The predicted octanol–water partition coefficient (Wildman–Crippen LogP) is 2.82. The van der Waals surface area contributed by atoms with Gasteiger partial charge in [0.05, 0.1) is 5.69 Å². The average molecular weight is 384 g/mol. The van der Waals surface area contributed by atoms with Crippen molar-refractivity contribution in [2.75, 3.05) is 5.32 Å². The van der Waals surface area contributed by atoms with Crippen LogP contribution in [-0.4, -0.2) is 27.9 Å². The van der Waals surface area contributed by atoms with Crippen LogP contribution >= 0.6 is 11.6 Å². The highest BCUT2D eigenvalue weighted by Gasteiger charge is 2.23. The summed E-state index contributed by atoms with van der Waals surface area (Å²) in [5.74, 6) is -3.43. The number of amides is 2. The van der Waals surface area contributed by atoms with Crippen molar-refractivity contribution in [2.24, 2.45) is 0 Å². The van der Waals surface area contributed by atoms with Crippen molar-refractivity contribution in [3.05, 3.63) is 58.4 Å². The Hall–Kier alpha value is -2.58. The summed E-state index contributed by atoms with van der Waals surface area (Å²) in [5.41, 5.74) is -0.355. The molecule has 26 heavy (non-hydrogen) atoms. The second-order valence-corrected chi connectivity index (χ2v) is 6.11. The maximum atomic E-state index is 13.3. The number of rotatable bonds is 5. The minimum absolute atomic E-state index is 0.00377. The summed E-state index contributed by atoms with van der Waals surface area (Å²) < 4.78 is 26.5. The van der Waals surface area contributed by atoms with E-state index in [9.17, 15) is 23.5 Å². The predicted molar refractivity (Wildman–Crippen MR) is 91.8 cm³/mol. The first-order valence-corrected chi connectivity index (χ1v) is 7.97. The molecule has 1 heterocycles. The molecule has 9 heteroatoms. The van der Waals surface area contributed by atoms with Crippen LogP contribution in [0, 0.1) is 11.6 Å². The molecule has 0 spiro atoms. The number of pyridine rings is 1. The van der Waals surface area contributed by atoms with E-state index in [1.54, 1.807) is 13.8 Å². The van der Waals surface area contributed by atoms with Gasteiger partial charge in [0.1, 0.15) is 22.4 Å². The number of halogens is 3. The summed E-state index contributed by atoms with van der Waals surface area (Å²) in [7, 11) is 0. The van der Waals surface area contributed by atoms with Gasteiger partial charge in [0.25, 0.3) is 11.8 Å². The third kappa shape index (κ3) is 4.74.